The van der Waals surface area contributed by atoms with E-state index in [4.69, 9.17) is 16.4 Å². The Kier molecular flexibility index (Phi) is 7.32. The Morgan fingerprint density at radius 3 is 2.58 bits per heavy atom. The van der Waals surface area contributed by atoms with Crippen molar-refractivity contribution in [2.75, 3.05) is 20.7 Å². The molecule has 1 unspecified atom stereocenters. The van der Waals surface area contributed by atoms with Crippen molar-refractivity contribution in [3.05, 3.63) is 47.5 Å². The molecule has 1 fully saturated rings. The predicted molar refractivity (Wildman–Crippen MR) is 103 cm³/mol. The van der Waals surface area contributed by atoms with E-state index in [-0.39, 0.29) is 0 Å². The van der Waals surface area contributed by atoms with Crippen LogP contribution in [0, 0.1) is 5.92 Å². The van der Waals surface area contributed by atoms with E-state index in [0.717, 1.165) is 10.7 Å². The molecule has 0 saturated heterocycles. The molecule has 0 bridgehead atoms. The maximum atomic E-state index is 6.07. The third-order valence-electron chi connectivity index (χ3n) is 5.01. The van der Waals surface area contributed by atoms with Crippen LogP contribution in [-0.4, -0.2) is 37.4 Å². The first-order chi connectivity index (χ1) is 11.5. The molecule has 3 atom stereocenters. The van der Waals surface area contributed by atoms with E-state index in [1.165, 1.54) is 31.2 Å². The molecule has 132 valence electrons. The van der Waals surface area contributed by atoms with E-state index < -0.39 is 0 Å². The number of allylic oxidation sites excluding steroid dienone is 1. The minimum absolute atomic E-state index is 0.407. The molecule has 0 spiro atoms. The zero-order chi connectivity index (χ0) is 17.5. The first-order valence-electron chi connectivity index (χ1n) is 8.73. The van der Waals surface area contributed by atoms with Crippen LogP contribution in [0.2, 0.25) is 5.02 Å². The van der Waals surface area contributed by atoms with Crippen LogP contribution in [0.15, 0.2) is 42.1 Å². The van der Waals surface area contributed by atoms with Crippen LogP contribution in [0.3, 0.4) is 0 Å². The molecule has 0 heterocycles. The van der Waals surface area contributed by atoms with Gasteiger partial charge in [0.05, 0.1) is 5.71 Å². The van der Waals surface area contributed by atoms with Gasteiger partial charge in [-0.15, -0.1) is 0 Å². The van der Waals surface area contributed by atoms with Gasteiger partial charge in [0.1, 0.15) is 6.61 Å². The number of halogens is 1. The lowest BCUT2D eigenvalue weighted by Gasteiger charge is -2.35. The summed E-state index contributed by atoms with van der Waals surface area (Å²) in [5.74, 6) is 0.876. The van der Waals surface area contributed by atoms with Crippen molar-refractivity contribution in [1.82, 2.24) is 4.90 Å². The van der Waals surface area contributed by atoms with E-state index in [1.807, 2.05) is 19.1 Å². The van der Waals surface area contributed by atoms with Gasteiger partial charge in [-0.3, -0.25) is 0 Å². The second kappa shape index (κ2) is 9.24. The van der Waals surface area contributed by atoms with Gasteiger partial charge < -0.3 is 9.74 Å². The van der Waals surface area contributed by atoms with Crippen LogP contribution in [0.4, 0.5) is 0 Å². The average molecular weight is 349 g/mol. The maximum Gasteiger partial charge on any atom is 0.122 e. The van der Waals surface area contributed by atoms with Crippen molar-refractivity contribution in [2.45, 2.75) is 44.6 Å². The van der Waals surface area contributed by atoms with Crippen LogP contribution in [0.5, 0.6) is 0 Å². The Hall–Kier alpha value is -1.32. The zero-order valence-corrected chi connectivity index (χ0v) is 15.8. The summed E-state index contributed by atoms with van der Waals surface area (Å²) in [6.07, 6.45) is 6.62. The molecule has 1 aromatic carbocycles. The lowest BCUT2D eigenvalue weighted by atomic mass is 9.80. The van der Waals surface area contributed by atoms with Gasteiger partial charge in [0, 0.05) is 17.0 Å². The molecule has 0 radical (unpaired) electrons. The molecule has 0 aliphatic heterocycles. The van der Waals surface area contributed by atoms with Crippen LogP contribution >= 0.6 is 11.6 Å². The molecule has 3 nitrogen and oxygen atoms in total. The standard InChI is InChI=1S/C20H29ClN2O/c1-5-15(2)22-24-14-19-18(16-10-12-17(21)13-11-16)8-6-7-9-20(19)23(3)4/h5,10-13,18-20H,1,6-9,14H2,2-4H3/b22-15-/t18-,19+,20?/m1/s1. The van der Waals surface area contributed by atoms with Crippen molar-refractivity contribution in [3.63, 3.8) is 0 Å². The molecular weight excluding hydrogens is 320 g/mol. The largest absolute Gasteiger partial charge is 0.395 e. The SMILES string of the molecule is C=C/C(C)=N\OC[C@@H]1C(N(C)C)CCCC[C@@H]1c1ccc(Cl)cc1. The highest BCUT2D eigenvalue weighted by atomic mass is 35.5. The third-order valence-corrected chi connectivity index (χ3v) is 5.26. The van der Waals surface area contributed by atoms with E-state index in [2.05, 4.69) is 42.9 Å². The van der Waals surface area contributed by atoms with Crippen molar-refractivity contribution in [1.29, 1.82) is 0 Å². The molecule has 2 rings (SSSR count). The average Bonchev–Trinajstić information content (AvgIpc) is 2.78. The summed E-state index contributed by atoms with van der Waals surface area (Å²) in [7, 11) is 4.33. The number of hydrogen-bond acceptors (Lipinski definition) is 3. The smallest absolute Gasteiger partial charge is 0.122 e. The van der Waals surface area contributed by atoms with Crippen LogP contribution in [0.25, 0.3) is 0 Å². The molecule has 4 heteroatoms. The van der Waals surface area contributed by atoms with Crippen LogP contribution < -0.4 is 0 Å². The van der Waals surface area contributed by atoms with Gasteiger partial charge in [0.15, 0.2) is 0 Å². The Balaban J connectivity index is 2.25. The Bertz CT molecular complexity index is 553. The highest BCUT2D eigenvalue weighted by molar-refractivity contribution is 6.30. The lowest BCUT2D eigenvalue weighted by Crippen LogP contribution is -2.39. The van der Waals surface area contributed by atoms with Gasteiger partial charge in [0.25, 0.3) is 0 Å². The highest BCUT2D eigenvalue weighted by Crippen LogP contribution is 2.38. The topological polar surface area (TPSA) is 24.8 Å². The monoisotopic (exact) mass is 348 g/mol. The first kappa shape index (κ1) is 19.0. The Labute approximate surface area is 151 Å². The van der Waals surface area contributed by atoms with Gasteiger partial charge in [-0.25, -0.2) is 0 Å². The molecule has 1 aromatic rings. The van der Waals surface area contributed by atoms with Gasteiger partial charge in [-0.2, -0.15) is 0 Å². The highest BCUT2D eigenvalue weighted by Gasteiger charge is 2.34. The summed E-state index contributed by atoms with van der Waals surface area (Å²) in [6.45, 7) is 6.25. The predicted octanol–water partition coefficient (Wildman–Crippen LogP) is 5.12. The molecule has 0 amide bonds. The fraction of sp³-hybridized carbons (Fsp3) is 0.550. The molecule has 24 heavy (non-hydrogen) atoms. The summed E-state index contributed by atoms with van der Waals surface area (Å²) in [4.78, 5) is 8.04. The summed E-state index contributed by atoms with van der Waals surface area (Å²) < 4.78 is 0. The number of benzene rings is 1. The van der Waals surface area contributed by atoms with Crippen LogP contribution in [0.1, 0.15) is 44.1 Å². The second-order valence-electron chi connectivity index (χ2n) is 6.87. The Morgan fingerprint density at radius 2 is 1.96 bits per heavy atom. The van der Waals surface area contributed by atoms with E-state index >= 15 is 0 Å². The number of nitrogens with zero attached hydrogens (tertiary/aromatic N) is 2. The molecule has 1 aliphatic carbocycles. The second-order valence-corrected chi connectivity index (χ2v) is 7.31. The van der Waals surface area contributed by atoms with Crippen molar-refractivity contribution in [2.24, 2.45) is 11.1 Å². The zero-order valence-electron chi connectivity index (χ0n) is 15.0. The minimum atomic E-state index is 0.407. The molecule has 1 aliphatic rings. The minimum Gasteiger partial charge on any atom is -0.395 e. The van der Waals surface area contributed by atoms with Crippen LogP contribution in [-0.2, 0) is 4.84 Å². The van der Waals surface area contributed by atoms with Crippen molar-refractivity contribution >= 4 is 17.3 Å². The van der Waals surface area contributed by atoms with Gasteiger partial charge in [0.2, 0.25) is 0 Å². The maximum absolute atomic E-state index is 6.07. The lowest BCUT2D eigenvalue weighted by molar-refractivity contribution is 0.0551. The normalized spacial score (nSPS) is 25.4. The fourth-order valence-electron chi connectivity index (χ4n) is 3.67. The Morgan fingerprint density at radius 1 is 1.29 bits per heavy atom. The quantitative estimate of drug-likeness (QED) is 0.405. The number of hydrogen-bond donors (Lipinski definition) is 0. The fourth-order valence-corrected chi connectivity index (χ4v) is 3.79. The van der Waals surface area contributed by atoms with Gasteiger partial charge in [-0.05, 0) is 63.6 Å². The molecular formula is C20H29ClN2O. The van der Waals surface area contributed by atoms with Crippen molar-refractivity contribution < 1.29 is 4.84 Å². The number of rotatable bonds is 6. The summed E-state index contributed by atoms with van der Waals surface area (Å²) in [6, 6.07) is 8.80. The summed E-state index contributed by atoms with van der Waals surface area (Å²) >= 11 is 6.07. The third kappa shape index (κ3) is 5.09. The first-order valence-corrected chi connectivity index (χ1v) is 9.11. The summed E-state index contributed by atoms with van der Waals surface area (Å²) in [5.41, 5.74) is 2.17. The van der Waals surface area contributed by atoms with E-state index in [1.54, 1.807) is 6.08 Å². The molecule has 0 N–H and O–H groups in total. The molecule has 1 saturated carbocycles. The van der Waals surface area contributed by atoms with Crippen molar-refractivity contribution in [3.8, 4) is 0 Å². The summed E-state index contributed by atoms with van der Waals surface area (Å²) in [5, 5.41) is 4.95. The molecule has 0 aromatic heterocycles. The van der Waals surface area contributed by atoms with Gasteiger partial charge >= 0.3 is 0 Å². The van der Waals surface area contributed by atoms with Gasteiger partial charge in [-0.1, -0.05) is 48.3 Å². The van der Waals surface area contributed by atoms with E-state index in [9.17, 15) is 0 Å². The number of oxime groups is 1. The van der Waals surface area contributed by atoms with E-state index in [0.29, 0.717) is 24.5 Å².